The number of halogens is 1. The highest BCUT2D eigenvalue weighted by molar-refractivity contribution is 7.89. The molecule has 0 heterocycles. The summed E-state index contributed by atoms with van der Waals surface area (Å²) >= 11 is 0. The number of fused-ring (bicyclic) bond motifs is 1. The van der Waals surface area contributed by atoms with Gasteiger partial charge >= 0.3 is 0 Å². The largest absolute Gasteiger partial charge is 0.345 e. The van der Waals surface area contributed by atoms with E-state index in [4.69, 9.17) is 5.14 Å². The second-order valence-electron chi connectivity index (χ2n) is 6.02. The number of benzene rings is 2. The topological polar surface area (TPSA) is 89.3 Å². The monoisotopic (exact) mass is 348 g/mol. The van der Waals surface area contributed by atoms with E-state index >= 15 is 0 Å². The molecule has 1 amide bonds. The van der Waals surface area contributed by atoms with Gasteiger partial charge in [-0.25, -0.2) is 17.9 Å². The summed E-state index contributed by atoms with van der Waals surface area (Å²) < 4.78 is 36.4. The number of carbonyl (C=O) groups is 1. The molecule has 2 atom stereocenters. The first-order valence-corrected chi connectivity index (χ1v) is 9.03. The minimum atomic E-state index is -4.15. The van der Waals surface area contributed by atoms with Crippen LogP contribution in [0.1, 0.15) is 34.5 Å². The Labute approximate surface area is 139 Å². The fourth-order valence-corrected chi connectivity index (χ4v) is 3.70. The SMILES string of the molecule is C[C@@H]1Cc2ccccc2[C@H]1NC(=O)c1ccc(S(N)(=O)=O)c(F)c1. The Bertz CT molecular complexity index is 912. The van der Waals surface area contributed by atoms with Crippen molar-refractivity contribution < 1.29 is 17.6 Å². The smallest absolute Gasteiger partial charge is 0.251 e. The van der Waals surface area contributed by atoms with Crippen LogP contribution in [0.25, 0.3) is 0 Å². The van der Waals surface area contributed by atoms with Crippen LogP contribution in [-0.2, 0) is 16.4 Å². The van der Waals surface area contributed by atoms with Gasteiger partial charge in [0, 0.05) is 5.56 Å². The number of rotatable bonds is 3. The molecule has 2 aromatic carbocycles. The van der Waals surface area contributed by atoms with E-state index in [0.717, 1.165) is 24.1 Å². The Balaban J connectivity index is 1.85. The second-order valence-corrected chi connectivity index (χ2v) is 7.55. The summed E-state index contributed by atoms with van der Waals surface area (Å²) in [7, 11) is -4.15. The van der Waals surface area contributed by atoms with Crippen LogP contribution in [-0.4, -0.2) is 14.3 Å². The molecule has 0 aromatic heterocycles. The molecule has 2 aromatic rings. The van der Waals surface area contributed by atoms with Crippen LogP contribution in [0, 0.1) is 11.7 Å². The van der Waals surface area contributed by atoms with Gasteiger partial charge in [0.1, 0.15) is 10.7 Å². The van der Waals surface area contributed by atoms with Gasteiger partial charge in [0.05, 0.1) is 6.04 Å². The van der Waals surface area contributed by atoms with Crippen LogP contribution in [0.3, 0.4) is 0 Å². The maximum atomic E-state index is 13.9. The molecule has 0 spiro atoms. The van der Waals surface area contributed by atoms with E-state index in [9.17, 15) is 17.6 Å². The maximum Gasteiger partial charge on any atom is 0.251 e. The third-order valence-corrected chi connectivity index (χ3v) is 5.23. The summed E-state index contributed by atoms with van der Waals surface area (Å²) in [5, 5.41) is 7.82. The molecule has 0 unspecified atom stereocenters. The van der Waals surface area contributed by atoms with Crippen molar-refractivity contribution in [2.24, 2.45) is 11.1 Å². The molecule has 3 rings (SSSR count). The molecule has 0 aliphatic heterocycles. The molecule has 0 radical (unpaired) electrons. The predicted molar refractivity (Wildman–Crippen MR) is 87.3 cm³/mol. The Morgan fingerprint density at radius 3 is 2.62 bits per heavy atom. The zero-order valence-electron chi connectivity index (χ0n) is 13.0. The Morgan fingerprint density at radius 2 is 1.96 bits per heavy atom. The van der Waals surface area contributed by atoms with Gasteiger partial charge in [0.2, 0.25) is 10.0 Å². The van der Waals surface area contributed by atoms with E-state index in [1.165, 1.54) is 11.6 Å². The lowest BCUT2D eigenvalue weighted by Gasteiger charge is -2.19. The third-order valence-electron chi connectivity index (χ3n) is 4.29. The number of nitrogens with one attached hydrogen (secondary N) is 1. The van der Waals surface area contributed by atoms with Gasteiger partial charge < -0.3 is 5.32 Å². The lowest BCUT2D eigenvalue weighted by atomic mass is 10.0. The summed E-state index contributed by atoms with van der Waals surface area (Å²) in [6, 6.07) is 10.9. The van der Waals surface area contributed by atoms with Crippen molar-refractivity contribution in [3.05, 3.63) is 65.0 Å². The molecule has 0 saturated carbocycles. The van der Waals surface area contributed by atoms with Gasteiger partial charge in [0.25, 0.3) is 5.91 Å². The van der Waals surface area contributed by atoms with Crippen molar-refractivity contribution in [1.29, 1.82) is 0 Å². The van der Waals surface area contributed by atoms with Gasteiger partial charge in [-0.3, -0.25) is 4.79 Å². The second kappa shape index (κ2) is 5.99. The summed E-state index contributed by atoms with van der Waals surface area (Å²) in [4.78, 5) is 11.8. The molecule has 1 aliphatic carbocycles. The highest BCUT2D eigenvalue weighted by Crippen LogP contribution is 2.35. The number of sulfonamides is 1. The molecular formula is C17H17FN2O3S. The zero-order chi connectivity index (χ0) is 17.5. The average molecular weight is 348 g/mol. The van der Waals surface area contributed by atoms with E-state index in [0.29, 0.717) is 0 Å². The van der Waals surface area contributed by atoms with E-state index in [2.05, 4.69) is 5.32 Å². The van der Waals surface area contributed by atoms with Crippen LogP contribution in [0.5, 0.6) is 0 Å². The molecule has 1 aliphatic rings. The first-order valence-electron chi connectivity index (χ1n) is 7.48. The van der Waals surface area contributed by atoms with Crippen LogP contribution < -0.4 is 10.5 Å². The molecule has 3 N–H and O–H groups in total. The fraction of sp³-hybridized carbons (Fsp3) is 0.235. The third kappa shape index (κ3) is 3.05. The van der Waals surface area contributed by atoms with Crippen molar-refractivity contribution >= 4 is 15.9 Å². The molecule has 7 heteroatoms. The summed E-state index contributed by atoms with van der Waals surface area (Å²) in [5.41, 5.74) is 2.29. The van der Waals surface area contributed by atoms with Gasteiger partial charge in [-0.2, -0.15) is 0 Å². The van der Waals surface area contributed by atoms with Crippen molar-refractivity contribution in [3.63, 3.8) is 0 Å². The lowest BCUT2D eigenvalue weighted by molar-refractivity contribution is 0.0926. The Morgan fingerprint density at radius 1 is 1.25 bits per heavy atom. The lowest BCUT2D eigenvalue weighted by Crippen LogP contribution is -2.30. The normalized spacial score (nSPS) is 19.8. The highest BCUT2D eigenvalue weighted by atomic mass is 32.2. The van der Waals surface area contributed by atoms with Crippen LogP contribution >= 0.6 is 0 Å². The van der Waals surface area contributed by atoms with Crippen molar-refractivity contribution in [2.45, 2.75) is 24.3 Å². The summed E-state index contributed by atoms with van der Waals surface area (Å²) in [6.07, 6.45) is 0.861. The maximum absolute atomic E-state index is 13.9. The molecule has 0 saturated heterocycles. The number of hydrogen-bond donors (Lipinski definition) is 2. The number of hydrogen-bond acceptors (Lipinski definition) is 3. The average Bonchev–Trinajstić information content (AvgIpc) is 2.82. The standard InChI is InChI=1S/C17H17FN2O3S/c1-10-8-11-4-2-3-5-13(11)16(10)20-17(21)12-6-7-15(14(18)9-12)24(19,22)23/h2-7,9-10,16H,8H2,1H3,(H,20,21)(H2,19,22,23)/t10-,16+/m1/s1. The van der Waals surface area contributed by atoms with Crippen molar-refractivity contribution in [3.8, 4) is 0 Å². The predicted octanol–water partition coefficient (Wildman–Crippen LogP) is 2.14. The number of nitrogens with two attached hydrogens (primary N) is 1. The molecule has 0 fully saturated rings. The quantitative estimate of drug-likeness (QED) is 0.890. The van der Waals surface area contributed by atoms with E-state index in [1.54, 1.807) is 0 Å². The minimum absolute atomic E-state index is 0.0523. The molecule has 24 heavy (non-hydrogen) atoms. The molecule has 126 valence electrons. The van der Waals surface area contributed by atoms with Gasteiger partial charge in [-0.05, 0) is 41.7 Å². The van der Waals surface area contributed by atoms with Gasteiger partial charge in [-0.15, -0.1) is 0 Å². The summed E-state index contributed by atoms with van der Waals surface area (Å²) in [5.74, 6) is -1.27. The van der Waals surface area contributed by atoms with Crippen molar-refractivity contribution in [2.75, 3.05) is 0 Å². The van der Waals surface area contributed by atoms with E-state index < -0.39 is 26.6 Å². The first kappa shape index (κ1) is 16.6. The molecule has 0 bridgehead atoms. The highest BCUT2D eigenvalue weighted by Gasteiger charge is 2.30. The van der Waals surface area contributed by atoms with Crippen LogP contribution in [0.4, 0.5) is 4.39 Å². The van der Waals surface area contributed by atoms with Gasteiger partial charge in [-0.1, -0.05) is 31.2 Å². The summed E-state index contributed by atoms with van der Waals surface area (Å²) in [6.45, 7) is 2.04. The van der Waals surface area contributed by atoms with Crippen molar-refractivity contribution in [1.82, 2.24) is 5.32 Å². The van der Waals surface area contributed by atoms with Crippen LogP contribution in [0.2, 0.25) is 0 Å². The fourth-order valence-electron chi connectivity index (χ4n) is 3.11. The Kier molecular flexibility index (Phi) is 4.15. The Hall–Kier alpha value is -2.25. The van der Waals surface area contributed by atoms with E-state index in [-0.39, 0.29) is 17.5 Å². The first-order chi connectivity index (χ1) is 11.3. The number of primary sulfonamides is 1. The van der Waals surface area contributed by atoms with E-state index in [1.807, 2.05) is 31.2 Å². The molecule has 5 nitrogen and oxygen atoms in total. The van der Waals surface area contributed by atoms with Gasteiger partial charge in [0.15, 0.2) is 0 Å². The molecular weight excluding hydrogens is 331 g/mol. The number of carbonyl (C=O) groups excluding carboxylic acids is 1. The minimum Gasteiger partial charge on any atom is -0.345 e. The zero-order valence-corrected chi connectivity index (χ0v) is 13.8. The number of amides is 1. The van der Waals surface area contributed by atoms with Crippen LogP contribution in [0.15, 0.2) is 47.4 Å².